The third kappa shape index (κ3) is 4.85. The highest BCUT2D eigenvalue weighted by molar-refractivity contribution is 5.83. The molecule has 2 aromatic carbocycles. The molecule has 0 bridgehead atoms. The van der Waals surface area contributed by atoms with Gasteiger partial charge in [0.25, 0.3) is 0 Å². The second kappa shape index (κ2) is 7.51. The molecule has 0 unspecified atom stereocenters. The molecular formula is C19H20F3NO. The van der Waals surface area contributed by atoms with Gasteiger partial charge in [0.1, 0.15) is 0 Å². The van der Waals surface area contributed by atoms with Gasteiger partial charge in [0.05, 0.1) is 11.5 Å². The number of carbonyl (C=O) groups is 1. The largest absolute Gasteiger partial charge is 0.416 e. The number of nitrogens with one attached hydrogen (secondary N) is 1. The van der Waals surface area contributed by atoms with Crippen LogP contribution in [-0.4, -0.2) is 11.9 Å². The summed E-state index contributed by atoms with van der Waals surface area (Å²) < 4.78 is 38.4. The lowest BCUT2D eigenvalue weighted by atomic mass is 9.97. The van der Waals surface area contributed by atoms with E-state index < -0.39 is 17.7 Å². The summed E-state index contributed by atoms with van der Waals surface area (Å²) >= 11 is 0. The van der Waals surface area contributed by atoms with E-state index >= 15 is 0 Å². The topological polar surface area (TPSA) is 29.1 Å². The molecule has 0 spiro atoms. The zero-order valence-electron chi connectivity index (χ0n) is 13.6. The standard InChI is InChI=1S/C19H20F3NO/c1-13(11-15-7-4-3-5-8-15)23-18(24)14(2)16-9-6-10-17(12-16)19(20,21)22/h3-10,12-14H,11H2,1-2H3,(H,23,24)/t13-,14+/m1/s1. The number of halogens is 3. The van der Waals surface area contributed by atoms with Crippen molar-refractivity contribution in [2.45, 2.75) is 38.4 Å². The molecule has 0 radical (unpaired) electrons. The molecule has 0 aliphatic carbocycles. The fraction of sp³-hybridized carbons (Fsp3) is 0.316. The molecule has 0 heterocycles. The number of amides is 1. The zero-order valence-corrected chi connectivity index (χ0v) is 13.6. The van der Waals surface area contributed by atoms with Gasteiger partial charge in [-0.05, 0) is 37.5 Å². The molecule has 0 aromatic heterocycles. The Hall–Kier alpha value is -2.30. The molecule has 24 heavy (non-hydrogen) atoms. The van der Waals surface area contributed by atoms with E-state index in [1.165, 1.54) is 6.07 Å². The Balaban J connectivity index is 2.01. The first-order valence-corrected chi connectivity index (χ1v) is 7.79. The van der Waals surface area contributed by atoms with Crippen LogP contribution in [0.25, 0.3) is 0 Å². The summed E-state index contributed by atoms with van der Waals surface area (Å²) in [7, 11) is 0. The van der Waals surface area contributed by atoms with E-state index in [1.54, 1.807) is 13.0 Å². The quantitative estimate of drug-likeness (QED) is 0.853. The Labute approximate surface area is 139 Å². The van der Waals surface area contributed by atoms with Crippen molar-refractivity contribution < 1.29 is 18.0 Å². The number of alkyl halides is 3. The van der Waals surface area contributed by atoms with Gasteiger partial charge in [-0.15, -0.1) is 0 Å². The Morgan fingerprint density at radius 3 is 2.33 bits per heavy atom. The van der Waals surface area contributed by atoms with Crippen molar-refractivity contribution in [1.29, 1.82) is 0 Å². The van der Waals surface area contributed by atoms with Crippen molar-refractivity contribution in [3.05, 3.63) is 71.3 Å². The van der Waals surface area contributed by atoms with E-state index in [0.29, 0.717) is 12.0 Å². The summed E-state index contributed by atoms with van der Waals surface area (Å²) in [5.41, 5.74) is 0.711. The summed E-state index contributed by atoms with van der Waals surface area (Å²) in [4.78, 5) is 12.3. The van der Waals surface area contributed by atoms with Crippen LogP contribution in [0, 0.1) is 0 Å². The van der Waals surface area contributed by atoms with Gasteiger partial charge in [-0.2, -0.15) is 13.2 Å². The van der Waals surface area contributed by atoms with Gasteiger partial charge in [0.15, 0.2) is 0 Å². The maximum absolute atomic E-state index is 12.8. The van der Waals surface area contributed by atoms with Gasteiger partial charge in [-0.3, -0.25) is 4.79 Å². The number of benzene rings is 2. The SMILES string of the molecule is C[C@H](Cc1ccccc1)NC(=O)[C@@H](C)c1cccc(C(F)(F)F)c1. The molecule has 0 fully saturated rings. The highest BCUT2D eigenvalue weighted by atomic mass is 19.4. The smallest absolute Gasteiger partial charge is 0.353 e. The number of hydrogen-bond donors (Lipinski definition) is 1. The van der Waals surface area contributed by atoms with Crippen LogP contribution >= 0.6 is 0 Å². The average Bonchev–Trinajstić information content (AvgIpc) is 2.54. The molecule has 5 heteroatoms. The van der Waals surface area contributed by atoms with Gasteiger partial charge >= 0.3 is 6.18 Å². The van der Waals surface area contributed by atoms with E-state index in [4.69, 9.17) is 0 Å². The van der Waals surface area contributed by atoms with E-state index in [-0.39, 0.29) is 11.9 Å². The third-order valence-electron chi connectivity index (χ3n) is 3.88. The summed E-state index contributed by atoms with van der Waals surface area (Å²) in [6, 6.07) is 14.5. The van der Waals surface area contributed by atoms with Crippen molar-refractivity contribution in [2.24, 2.45) is 0 Å². The highest BCUT2D eigenvalue weighted by Crippen LogP contribution is 2.31. The van der Waals surface area contributed by atoms with Gasteiger partial charge in [0.2, 0.25) is 5.91 Å². The first-order valence-electron chi connectivity index (χ1n) is 7.79. The molecule has 2 atom stereocenters. The summed E-state index contributed by atoms with van der Waals surface area (Å²) in [6.07, 6.45) is -3.74. The fourth-order valence-electron chi connectivity index (χ4n) is 2.52. The minimum absolute atomic E-state index is 0.104. The van der Waals surface area contributed by atoms with Crippen molar-refractivity contribution in [1.82, 2.24) is 5.32 Å². The molecule has 0 aliphatic heterocycles. The lowest BCUT2D eigenvalue weighted by Crippen LogP contribution is -2.36. The van der Waals surface area contributed by atoms with Crippen molar-refractivity contribution in [2.75, 3.05) is 0 Å². The molecule has 2 aromatic rings. The predicted molar refractivity (Wildman–Crippen MR) is 87.6 cm³/mol. The molecule has 1 amide bonds. The van der Waals surface area contributed by atoms with Crippen LogP contribution in [0.4, 0.5) is 13.2 Å². The second-order valence-corrected chi connectivity index (χ2v) is 5.94. The van der Waals surface area contributed by atoms with Crippen molar-refractivity contribution in [3.8, 4) is 0 Å². The molecule has 0 aliphatic rings. The normalized spacial score (nSPS) is 14.0. The van der Waals surface area contributed by atoms with E-state index in [0.717, 1.165) is 17.7 Å². The van der Waals surface area contributed by atoms with Crippen LogP contribution < -0.4 is 5.32 Å². The average molecular weight is 335 g/mol. The number of rotatable bonds is 5. The van der Waals surface area contributed by atoms with Crippen molar-refractivity contribution >= 4 is 5.91 Å². The van der Waals surface area contributed by atoms with Gasteiger partial charge in [-0.25, -0.2) is 0 Å². The minimum atomic E-state index is -4.41. The maximum atomic E-state index is 12.8. The highest BCUT2D eigenvalue weighted by Gasteiger charge is 2.31. The third-order valence-corrected chi connectivity index (χ3v) is 3.88. The van der Waals surface area contributed by atoms with Crippen LogP contribution in [0.1, 0.15) is 36.5 Å². The molecule has 1 N–H and O–H groups in total. The lowest BCUT2D eigenvalue weighted by molar-refractivity contribution is -0.137. The fourth-order valence-corrected chi connectivity index (χ4v) is 2.52. The monoisotopic (exact) mass is 335 g/mol. The van der Waals surface area contributed by atoms with E-state index in [2.05, 4.69) is 5.32 Å². The zero-order chi connectivity index (χ0) is 17.7. The second-order valence-electron chi connectivity index (χ2n) is 5.94. The van der Waals surface area contributed by atoms with Crippen LogP contribution in [-0.2, 0) is 17.4 Å². The van der Waals surface area contributed by atoms with Crippen molar-refractivity contribution in [3.63, 3.8) is 0 Å². The Kier molecular flexibility index (Phi) is 5.65. The Bertz CT molecular complexity index is 683. The minimum Gasteiger partial charge on any atom is -0.353 e. The van der Waals surface area contributed by atoms with Gasteiger partial charge in [-0.1, -0.05) is 48.5 Å². The molecule has 0 saturated heterocycles. The first kappa shape index (κ1) is 18.0. The summed E-state index contributed by atoms with van der Waals surface area (Å²) in [6.45, 7) is 3.49. The predicted octanol–water partition coefficient (Wildman–Crippen LogP) is 4.56. The number of carbonyl (C=O) groups excluding carboxylic acids is 1. The van der Waals surface area contributed by atoms with Crippen LogP contribution in [0.5, 0.6) is 0 Å². The number of hydrogen-bond acceptors (Lipinski definition) is 1. The first-order chi connectivity index (χ1) is 11.3. The Morgan fingerprint density at radius 2 is 1.71 bits per heavy atom. The van der Waals surface area contributed by atoms with Crippen LogP contribution in [0.15, 0.2) is 54.6 Å². The molecular weight excluding hydrogens is 315 g/mol. The van der Waals surface area contributed by atoms with Crippen LogP contribution in [0.3, 0.4) is 0 Å². The maximum Gasteiger partial charge on any atom is 0.416 e. The summed E-state index contributed by atoms with van der Waals surface area (Å²) in [5.74, 6) is -0.928. The Morgan fingerprint density at radius 1 is 1.04 bits per heavy atom. The van der Waals surface area contributed by atoms with Gasteiger partial charge < -0.3 is 5.32 Å². The molecule has 2 rings (SSSR count). The van der Waals surface area contributed by atoms with E-state index in [1.807, 2.05) is 37.3 Å². The molecule has 2 nitrogen and oxygen atoms in total. The van der Waals surface area contributed by atoms with Gasteiger partial charge in [0, 0.05) is 6.04 Å². The lowest BCUT2D eigenvalue weighted by Gasteiger charge is -2.19. The molecule has 0 saturated carbocycles. The summed E-state index contributed by atoms with van der Waals surface area (Å²) in [5, 5.41) is 2.86. The molecule has 128 valence electrons. The van der Waals surface area contributed by atoms with E-state index in [9.17, 15) is 18.0 Å². The van der Waals surface area contributed by atoms with Crippen LogP contribution in [0.2, 0.25) is 0 Å².